The monoisotopic (exact) mass is 263 g/mol. The third-order valence-corrected chi connectivity index (χ3v) is 3.18. The predicted molar refractivity (Wildman–Crippen MR) is 71.3 cm³/mol. The molecule has 0 fully saturated rings. The molecule has 0 radical (unpaired) electrons. The van der Waals surface area contributed by atoms with Crippen molar-refractivity contribution in [3.05, 3.63) is 42.5 Å². The molecule has 94 valence electrons. The Kier molecular flexibility index (Phi) is 4.52. The summed E-state index contributed by atoms with van der Waals surface area (Å²) in [7, 11) is 0. The summed E-state index contributed by atoms with van der Waals surface area (Å²) in [6.07, 6.45) is 4.32. The summed E-state index contributed by atoms with van der Waals surface area (Å²) in [6.45, 7) is 2.93. The zero-order valence-corrected chi connectivity index (χ0v) is 10.9. The number of hydrogen-bond donors (Lipinski definition) is 1. The van der Waals surface area contributed by atoms with Gasteiger partial charge >= 0.3 is 0 Å². The third-order valence-electron chi connectivity index (χ3n) is 2.22. The smallest absolute Gasteiger partial charge is 0.145 e. The number of benzene rings is 1. The van der Waals surface area contributed by atoms with Crippen LogP contribution in [0.5, 0.6) is 0 Å². The first-order valence-electron chi connectivity index (χ1n) is 5.78. The fourth-order valence-electron chi connectivity index (χ4n) is 1.38. The van der Waals surface area contributed by atoms with Gasteiger partial charge in [-0.2, -0.15) is 0 Å². The Morgan fingerprint density at radius 3 is 2.89 bits per heavy atom. The van der Waals surface area contributed by atoms with Crippen molar-refractivity contribution in [1.29, 1.82) is 0 Å². The zero-order valence-electron chi connectivity index (χ0n) is 10.1. The van der Waals surface area contributed by atoms with Crippen LogP contribution in [0.1, 0.15) is 13.3 Å². The number of anilines is 1. The maximum atomic E-state index is 13.5. The molecular formula is C13H14FN3S. The van der Waals surface area contributed by atoms with Crippen molar-refractivity contribution in [2.24, 2.45) is 0 Å². The van der Waals surface area contributed by atoms with E-state index in [4.69, 9.17) is 0 Å². The highest BCUT2D eigenvalue weighted by molar-refractivity contribution is 7.99. The van der Waals surface area contributed by atoms with Gasteiger partial charge in [0.15, 0.2) is 0 Å². The van der Waals surface area contributed by atoms with Crippen LogP contribution in [0.3, 0.4) is 0 Å². The van der Waals surface area contributed by atoms with Crippen LogP contribution < -0.4 is 5.32 Å². The van der Waals surface area contributed by atoms with E-state index in [1.807, 2.05) is 0 Å². The van der Waals surface area contributed by atoms with E-state index in [-0.39, 0.29) is 5.82 Å². The first kappa shape index (κ1) is 12.8. The van der Waals surface area contributed by atoms with Gasteiger partial charge in [0.25, 0.3) is 0 Å². The van der Waals surface area contributed by atoms with Crippen molar-refractivity contribution in [1.82, 2.24) is 9.97 Å². The summed E-state index contributed by atoms with van der Waals surface area (Å²) in [5.74, 6) is 0.481. The van der Waals surface area contributed by atoms with Gasteiger partial charge in [0.2, 0.25) is 0 Å². The maximum Gasteiger partial charge on any atom is 0.145 e. The molecule has 0 unspecified atom stereocenters. The molecule has 1 aromatic heterocycles. The quantitative estimate of drug-likeness (QED) is 0.894. The van der Waals surface area contributed by atoms with Crippen molar-refractivity contribution >= 4 is 17.6 Å². The average molecular weight is 263 g/mol. The number of halogens is 1. The van der Waals surface area contributed by atoms with Crippen LogP contribution in [-0.2, 0) is 0 Å². The lowest BCUT2D eigenvalue weighted by Gasteiger charge is -2.05. The standard InChI is InChI=1S/C13H14FN3S/c1-2-7-16-12-8-15-9-13(17-12)18-11-6-4-3-5-10(11)14/h3-6,8-9H,2,7H2,1H3,(H,16,17). The summed E-state index contributed by atoms with van der Waals surface area (Å²) in [4.78, 5) is 9.02. The number of nitrogens with one attached hydrogen (secondary N) is 1. The molecule has 5 heteroatoms. The van der Waals surface area contributed by atoms with E-state index in [2.05, 4.69) is 22.2 Å². The minimum atomic E-state index is -0.240. The minimum absolute atomic E-state index is 0.240. The molecule has 0 aliphatic carbocycles. The Balaban J connectivity index is 2.12. The van der Waals surface area contributed by atoms with Gasteiger partial charge in [0.1, 0.15) is 16.7 Å². The van der Waals surface area contributed by atoms with E-state index in [0.717, 1.165) is 18.8 Å². The molecule has 2 aromatic rings. The average Bonchev–Trinajstić information content (AvgIpc) is 2.40. The molecule has 0 atom stereocenters. The molecule has 0 saturated carbocycles. The lowest BCUT2D eigenvalue weighted by Crippen LogP contribution is -2.02. The van der Waals surface area contributed by atoms with Gasteiger partial charge in [-0.3, -0.25) is 4.98 Å². The molecule has 1 heterocycles. The second-order valence-corrected chi connectivity index (χ2v) is 4.76. The Bertz CT molecular complexity index is 519. The summed E-state index contributed by atoms with van der Waals surface area (Å²) in [5, 5.41) is 3.84. The highest BCUT2D eigenvalue weighted by Gasteiger charge is 2.05. The molecule has 3 nitrogen and oxygen atoms in total. The maximum absolute atomic E-state index is 13.5. The minimum Gasteiger partial charge on any atom is -0.369 e. The molecule has 0 saturated heterocycles. The summed E-state index contributed by atoms with van der Waals surface area (Å²) in [5.41, 5.74) is 0. The van der Waals surface area contributed by atoms with Gasteiger partial charge < -0.3 is 5.32 Å². The summed E-state index contributed by atoms with van der Waals surface area (Å²) in [6, 6.07) is 6.64. The zero-order chi connectivity index (χ0) is 12.8. The molecule has 0 aliphatic rings. The van der Waals surface area contributed by atoms with E-state index in [0.29, 0.717) is 9.92 Å². The first-order valence-corrected chi connectivity index (χ1v) is 6.59. The van der Waals surface area contributed by atoms with Crippen LogP contribution in [0.2, 0.25) is 0 Å². The molecule has 1 N–H and O–H groups in total. The normalized spacial score (nSPS) is 10.3. The lowest BCUT2D eigenvalue weighted by molar-refractivity contribution is 0.602. The first-order chi connectivity index (χ1) is 8.79. The van der Waals surface area contributed by atoms with Crippen LogP contribution in [-0.4, -0.2) is 16.5 Å². The van der Waals surface area contributed by atoms with Crippen molar-refractivity contribution in [3.8, 4) is 0 Å². The number of nitrogens with zero attached hydrogens (tertiary/aromatic N) is 2. The van der Waals surface area contributed by atoms with E-state index in [9.17, 15) is 4.39 Å². The van der Waals surface area contributed by atoms with E-state index >= 15 is 0 Å². The summed E-state index contributed by atoms with van der Waals surface area (Å²) >= 11 is 1.27. The van der Waals surface area contributed by atoms with Gasteiger partial charge in [-0.1, -0.05) is 30.8 Å². The second-order valence-electron chi connectivity index (χ2n) is 3.70. The molecule has 18 heavy (non-hydrogen) atoms. The highest BCUT2D eigenvalue weighted by atomic mass is 32.2. The topological polar surface area (TPSA) is 37.8 Å². The van der Waals surface area contributed by atoms with Gasteiger partial charge in [-0.05, 0) is 18.6 Å². The summed E-state index contributed by atoms with van der Waals surface area (Å²) < 4.78 is 13.5. The van der Waals surface area contributed by atoms with Gasteiger partial charge in [-0.15, -0.1) is 0 Å². The van der Waals surface area contributed by atoms with E-state index in [1.54, 1.807) is 30.6 Å². The largest absolute Gasteiger partial charge is 0.369 e. The van der Waals surface area contributed by atoms with Crippen molar-refractivity contribution in [3.63, 3.8) is 0 Å². The molecular weight excluding hydrogens is 249 g/mol. The molecule has 0 spiro atoms. The van der Waals surface area contributed by atoms with E-state index < -0.39 is 0 Å². The second kappa shape index (κ2) is 6.35. The Morgan fingerprint density at radius 1 is 1.28 bits per heavy atom. The van der Waals surface area contributed by atoms with Crippen molar-refractivity contribution in [2.75, 3.05) is 11.9 Å². The molecule has 0 amide bonds. The molecule has 2 rings (SSSR count). The predicted octanol–water partition coefficient (Wildman–Crippen LogP) is 3.59. The number of hydrogen-bond acceptors (Lipinski definition) is 4. The Morgan fingerprint density at radius 2 is 2.11 bits per heavy atom. The van der Waals surface area contributed by atoms with Gasteiger partial charge in [0, 0.05) is 11.4 Å². The SMILES string of the molecule is CCCNc1cncc(Sc2ccccc2F)n1. The van der Waals surface area contributed by atoms with Gasteiger partial charge in [-0.25, -0.2) is 9.37 Å². The van der Waals surface area contributed by atoms with Crippen molar-refractivity contribution in [2.45, 2.75) is 23.3 Å². The van der Waals surface area contributed by atoms with Crippen LogP contribution in [0.15, 0.2) is 46.6 Å². The molecule has 0 bridgehead atoms. The third kappa shape index (κ3) is 3.43. The number of aromatic nitrogens is 2. The van der Waals surface area contributed by atoms with Crippen LogP contribution >= 0.6 is 11.8 Å². The van der Waals surface area contributed by atoms with Crippen molar-refractivity contribution < 1.29 is 4.39 Å². The molecule has 1 aromatic carbocycles. The lowest BCUT2D eigenvalue weighted by atomic mass is 10.3. The highest BCUT2D eigenvalue weighted by Crippen LogP contribution is 2.28. The van der Waals surface area contributed by atoms with Crippen LogP contribution in [0.25, 0.3) is 0 Å². The van der Waals surface area contributed by atoms with Gasteiger partial charge in [0.05, 0.1) is 12.4 Å². The fraction of sp³-hybridized carbons (Fsp3) is 0.231. The Labute approximate surface area is 110 Å². The fourth-order valence-corrected chi connectivity index (χ4v) is 2.17. The number of rotatable bonds is 5. The van der Waals surface area contributed by atoms with E-state index in [1.165, 1.54) is 17.8 Å². The van der Waals surface area contributed by atoms with Crippen LogP contribution in [0.4, 0.5) is 10.2 Å². The molecule has 0 aliphatic heterocycles. The van der Waals surface area contributed by atoms with Crippen LogP contribution in [0, 0.1) is 5.82 Å². The Hall–Kier alpha value is -1.62.